The number of nitrogens with zero attached hydrogens (tertiary/aromatic N) is 3. The van der Waals surface area contributed by atoms with Crippen molar-refractivity contribution < 1.29 is 13.6 Å². The number of amides is 1. The van der Waals surface area contributed by atoms with Gasteiger partial charge < -0.3 is 4.42 Å². The third kappa shape index (κ3) is 2.62. The van der Waals surface area contributed by atoms with E-state index in [0.717, 1.165) is 0 Å². The summed E-state index contributed by atoms with van der Waals surface area (Å²) in [7, 11) is 0. The number of aromatic nitrogens is 2. The van der Waals surface area contributed by atoms with E-state index in [1.807, 2.05) is 0 Å². The van der Waals surface area contributed by atoms with Crippen molar-refractivity contribution in [1.82, 2.24) is 9.97 Å². The molecule has 0 spiro atoms. The molecule has 31 heavy (non-hydrogen) atoms. The highest BCUT2D eigenvalue weighted by atomic mass is 32.1. The van der Waals surface area contributed by atoms with Crippen LogP contribution in [0.5, 0.6) is 0 Å². The van der Waals surface area contributed by atoms with Crippen molar-refractivity contribution in [2.75, 3.05) is 4.90 Å². The van der Waals surface area contributed by atoms with Crippen molar-refractivity contribution in [3.63, 3.8) is 0 Å². The Kier molecular flexibility index (Phi) is 3.78. The maximum Gasteiger partial charge on any atom is 0.297 e. The van der Waals surface area contributed by atoms with Crippen LogP contribution in [-0.2, 0) is 0 Å². The number of carbonyl (C=O) groups excluding carboxylic acids is 1. The van der Waals surface area contributed by atoms with E-state index in [1.54, 1.807) is 54.9 Å². The highest BCUT2D eigenvalue weighted by molar-refractivity contribution is 7.22. The maximum atomic E-state index is 13.7. The largest absolute Gasteiger partial charge is 0.450 e. The summed E-state index contributed by atoms with van der Waals surface area (Å²) in [4.78, 5) is 37.0. The van der Waals surface area contributed by atoms with Gasteiger partial charge in [-0.15, -0.1) is 0 Å². The summed E-state index contributed by atoms with van der Waals surface area (Å²) in [6.45, 7) is 0. The van der Waals surface area contributed by atoms with Crippen LogP contribution < -0.4 is 10.3 Å². The molecule has 1 amide bonds. The average Bonchev–Trinajstić information content (AvgIpc) is 3.33. The Morgan fingerprint density at radius 1 is 1.06 bits per heavy atom. The summed E-state index contributed by atoms with van der Waals surface area (Å²) in [5.74, 6) is -0.861. The zero-order valence-corrected chi connectivity index (χ0v) is 16.6. The molecule has 150 valence electrons. The first-order valence-corrected chi connectivity index (χ1v) is 10.3. The van der Waals surface area contributed by atoms with E-state index in [-0.39, 0.29) is 22.6 Å². The minimum Gasteiger partial charge on any atom is -0.450 e. The smallest absolute Gasteiger partial charge is 0.297 e. The molecule has 8 heteroatoms. The van der Waals surface area contributed by atoms with Gasteiger partial charge in [-0.3, -0.25) is 19.5 Å². The quantitative estimate of drug-likeness (QED) is 0.407. The molecular weight excluding hydrogens is 417 g/mol. The van der Waals surface area contributed by atoms with Gasteiger partial charge in [0.2, 0.25) is 5.76 Å². The zero-order chi connectivity index (χ0) is 21.1. The fourth-order valence-corrected chi connectivity index (χ4v) is 4.98. The molecule has 0 N–H and O–H groups in total. The second kappa shape index (κ2) is 6.55. The van der Waals surface area contributed by atoms with E-state index in [1.165, 1.54) is 28.4 Å². The van der Waals surface area contributed by atoms with Gasteiger partial charge in [0, 0.05) is 12.4 Å². The monoisotopic (exact) mass is 429 g/mol. The number of hydrogen-bond acceptors (Lipinski definition) is 6. The van der Waals surface area contributed by atoms with Gasteiger partial charge in [-0.1, -0.05) is 29.5 Å². The summed E-state index contributed by atoms with van der Waals surface area (Å²) >= 11 is 1.18. The lowest BCUT2D eigenvalue weighted by molar-refractivity contribution is 0.0971. The topological polar surface area (TPSA) is 76.3 Å². The van der Waals surface area contributed by atoms with Gasteiger partial charge in [0.25, 0.3) is 5.91 Å². The van der Waals surface area contributed by atoms with Crippen LogP contribution in [0, 0.1) is 5.82 Å². The molecule has 0 radical (unpaired) electrons. The van der Waals surface area contributed by atoms with Gasteiger partial charge in [-0.05, 0) is 42.0 Å². The normalized spacial score (nSPS) is 15.7. The van der Waals surface area contributed by atoms with Crippen molar-refractivity contribution in [3.8, 4) is 0 Å². The summed E-state index contributed by atoms with van der Waals surface area (Å²) in [5, 5.41) is 0.755. The second-order valence-corrected chi connectivity index (χ2v) is 8.15. The predicted octanol–water partition coefficient (Wildman–Crippen LogP) is 4.69. The first-order chi connectivity index (χ1) is 15.1. The first-order valence-electron chi connectivity index (χ1n) is 9.47. The molecule has 1 aliphatic rings. The first kappa shape index (κ1) is 17.9. The Morgan fingerprint density at radius 3 is 2.77 bits per heavy atom. The van der Waals surface area contributed by atoms with Gasteiger partial charge in [-0.25, -0.2) is 9.37 Å². The summed E-state index contributed by atoms with van der Waals surface area (Å²) in [5.41, 5.74) is 1.55. The molecule has 0 saturated heterocycles. The molecule has 6 nitrogen and oxygen atoms in total. The molecule has 5 aromatic rings. The number of hydrogen-bond donors (Lipinski definition) is 0. The number of carbonyl (C=O) groups is 1. The van der Waals surface area contributed by atoms with Crippen molar-refractivity contribution >= 4 is 43.6 Å². The molecule has 3 aromatic heterocycles. The molecular formula is C23H12FN3O3S. The lowest BCUT2D eigenvalue weighted by Gasteiger charge is -2.22. The van der Waals surface area contributed by atoms with E-state index in [4.69, 9.17) is 4.42 Å². The number of fused-ring (bicyclic) bond motifs is 3. The van der Waals surface area contributed by atoms with Crippen LogP contribution in [0.2, 0.25) is 0 Å². The minimum atomic E-state index is -0.748. The number of rotatable bonds is 2. The van der Waals surface area contributed by atoms with Crippen molar-refractivity contribution in [2.24, 2.45) is 0 Å². The summed E-state index contributed by atoms with van der Waals surface area (Å²) in [6, 6.07) is 13.9. The Morgan fingerprint density at radius 2 is 1.94 bits per heavy atom. The van der Waals surface area contributed by atoms with E-state index >= 15 is 0 Å². The van der Waals surface area contributed by atoms with Gasteiger partial charge in [0.05, 0.1) is 27.2 Å². The van der Waals surface area contributed by atoms with Gasteiger partial charge in [0.15, 0.2) is 10.6 Å². The Balaban J connectivity index is 1.64. The van der Waals surface area contributed by atoms with Crippen LogP contribution in [0.4, 0.5) is 9.52 Å². The van der Waals surface area contributed by atoms with Gasteiger partial charge in [-0.2, -0.15) is 0 Å². The van der Waals surface area contributed by atoms with Crippen LogP contribution in [0.15, 0.2) is 76.2 Å². The van der Waals surface area contributed by atoms with Crippen LogP contribution in [0.3, 0.4) is 0 Å². The highest BCUT2D eigenvalue weighted by Crippen LogP contribution is 2.43. The number of halogens is 1. The molecule has 0 bridgehead atoms. The van der Waals surface area contributed by atoms with Crippen molar-refractivity contribution in [1.29, 1.82) is 0 Å². The average molecular weight is 429 g/mol. The number of pyridine rings is 1. The van der Waals surface area contributed by atoms with E-state index in [2.05, 4.69) is 9.97 Å². The van der Waals surface area contributed by atoms with E-state index in [0.29, 0.717) is 31.9 Å². The number of anilines is 1. The Hall–Kier alpha value is -3.91. The van der Waals surface area contributed by atoms with E-state index in [9.17, 15) is 14.0 Å². The fraction of sp³-hybridized carbons (Fsp3) is 0.0435. The molecule has 1 atom stereocenters. The lowest BCUT2D eigenvalue weighted by Crippen LogP contribution is -2.29. The van der Waals surface area contributed by atoms with Crippen LogP contribution in [-0.4, -0.2) is 15.9 Å². The molecule has 0 saturated carbocycles. The predicted molar refractivity (Wildman–Crippen MR) is 115 cm³/mol. The Labute approximate surface area is 178 Å². The third-order valence-corrected chi connectivity index (χ3v) is 6.34. The fourth-order valence-electron chi connectivity index (χ4n) is 3.96. The molecule has 2 aromatic carbocycles. The van der Waals surface area contributed by atoms with Gasteiger partial charge in [0.1, 0.15) is 11.4 Å². The molecule has 6 rings (SSSR count). The number of para-hydroxylation sites is 1. The standard InChI is InChI=1S/C23H12FN3O3S/c24-13-7-8-15-17(10-13)31-23(26-15)27-19(12-4-3-9-25-11-12)18-20(28)14-5-1-2-6-16(14)30-21(18)22(27)29/h1-11,19H/t19-/m1/s1. The highest BCUT2D eigenvalue weighted by Gasteiger charge is 2.45. The van der Waals surface area contributed by atoms with E-state index < -0.39 is 11.9 Å². The Bertz CT molecular complexity index is 1560. The summed E-state index contributed by atoms with van der Waals surface area (Å²) < 4.78 is 20.2. The molecule has 4 heterocycles. The van der Waals surface area contributed by atoms with Gasteiger partial charge >= 0.3 is 0 Å². The molecule has 0 aliphatic carbocycles. The van der Waals surface area contributed by atoms with Crippen molar-refractivity contribution in [2.45, 2.75) is 6.04 Å². The lowest BCUT2D eigenvalue weighted by atomic mass is 10.0. The van der Waals surface area contributed by atoms with Crippen molar-refractivity contribution in [3.05, 3.63) is 99.9 Å². The second-order valence-electron chi connectivity index (χ2n) is 7.14. The maximum absolute atomic E-state index is 13.7. The zero-order valence-electron chi connectivity index (χ0n) is 15.8. The number of benzene rings is 2. The molecule has 1 aliphatic heterocycles. The summed E-state index contributed by atoms with van der Waals surface area (Å²) in [6.07, 6.45) is 3.23. The van der Waals surface area contributed by atoms with Crippen LogP contribution in [0.25, 0.3) is 21.2 Å². The van der Waals surface area contributed by atoms with Crippen LogP contribution >= 0.6 is 11.3 Å². The molecule has 0 fully saturated rings. The number of thiazole rings is 1. The molecule has 0 unspecified atom stereocenters. The third-order valence-electron chi connectivity index (χ3n) is 5.32. The van der Waals surface area contributed by atoms with Crippen LogP contribution in [0.1, 0.15) is 27.7 Å². The minimum absolute atomic E-state index is 0.0111. The SMILES string of the molecule is O=C1c2oc3ccccc3c(=O)c2[C@@H](c2cccnc2)N1c1nc2ccc(F)cc2s1.